The van der Waals surface area contributed by atoms with Gasteiger partial charge in [0.2, 0.25) is 0 Å². The quantitative estimate of drug-likeness (QED) is 0.690. The minimum absolute atomic E-state index is 0.271. The number of hydrogen-bond donors (Lipinski definition) is 1. The Morgan fingerprint density at radius 1 is 1.17 bits per heavy atom. The molecular weight excluding hydrogens is 146 g/mol. The van der Waals surface area contributed by atoms with Crippen molar-refractivity contribution in [1.29, 1.82) is 0 Å². The second-order valence-electron chi connectivity index (χ2n) is 5.06. The molecule has 1 nitrogen and oxygen atoms in total. The predicted molar refractivity (Wildman–Crippen MR) is 56.1 cm³/mol. The third-order valence-electron chi connectivity index (χ3n) is 2.78. The largest absolute Gasteiger partial charge is 0.327 e. The van der Waals surface area contributed by atoms with Crippen LogP contribution in [0.2, 0.25) is 0 Å². The molecular formula is C11H25N. The lowest BCUT2D eigenvalue weighted by molar-refractivity contribution is 0.287. The maximum atomic E-state index is 6.05. The van der Waals surface area contributed by atoms with Crippen molar-refractivity contribution in [2.75, 3.05) is 0 Å². The van der Waals surface area contributed by atoms with Crippen molar-refractivity contribution < 1.29 is 0 Å². The van der Waals surface area contributed by atoms with Crippen LogP contribution in [-0.4, -0.2) is 6.04 Å². The zero-order chi connectivity index (χ0) is 9.78. The maximum Gasteiger partial charge on any atom is 0.00877 e. The third kappa shape index (κ3) is 4.76. The van der Waals surface area contributed by atoms with Crippen molar-refractivity contribution in [2.24, 2.45) is 17.1 Å². The smallest absolute Gasteiger partial charge is 0.00877 e. The Labute approximate surface area is 77.7 Å². The summed E-state index contributed by atoms with van der Waals surface area (Å²) in [5.74, 6) is 0.832. The molecule has 74 valence electrons. The minimum Gasteiger partial charge on any atom is -0.327 e. The molecule has 0 rings (SSSR count). The monoisotopic (exact) mass is 171 g/mol. The molecule has 0 amide bonds. The summed E-state index contributed by atoms with van der Waals surface area (Å²) < 4.78 is 0. The second-order valence-corrected chi connectivity index (χ2v) is 5.06. The Balaban J connectivity index is 3.64. The van der Waals surface area contributed by atoms with E-state index >= 15 is 0 Å². The van der Waals surface area contributed by atoms with Crippen LogP contribution in [0.1, 0.15) is 53.9 Å². The molecule has 0 aromatic heterocycles. The van der Waals surface area contributed by atoms with E-state index in [0.29, 0.717) is 6.04 Å². The highest BCUT2D eigenvalue weighted by Gasteiger charge is 2.20. The second kappa shape index (κ2) is 4.86. The van der Waals surface area contributed by atoms with Gasteiger partial charge in [0.15, 0.2) is 0 Å². The van der Waals surface area contributed by atoms with Gasteiger partial charge in [-0.1, -0.05) is 41.0 Å². The molecule has 12 heavy (non-hydrogen) atoms. The fourth-order valence-corrected chi connectivity index (χ4v) is 1.10. The summed E-state index contributed by atoms with van der Waals surface area (Å²) in [4.78, 5) is 0. The Morgan fingerprint density at radius 2 is 1.67 bits per heavy atom. The lowest BCUT2D eigenvalue weighted by atomic mass is 9.83. The van der Waals surface area contributed by atoms with E-state index < -0.39 is 0 Å². The van der Waals surface area contributed by atoms with Crippen LogP contribution in [0.15, 0.2) is 0 Å². The van der Waals surface area contributed by atoms with E-state index in [2.05, 4.69) is 34.6 Å². The van der Waals surface area contributed by atoms with E-state index in [1.54, 1.807) is 0 Å². The van der Waals surface area contributed by atoms with Crippen LogP contribution in [0.25, 0.3) is 0 Å². The van der Waals surface area contributed by atoms with Crippen LogP contribution in [0.3, 0.4) is 0 Å². The van der Waals surface area contributed by atoms with Gasteiger partial charge in [-0.2, -0.15) is 0 Å². The molecule has 0 aliphatic carbocycles. The molecule has 1 heteroatoms. The molecule has 0 fully saturated rings. The van der Waals surface area contributed by atoms with Crippen LogP contribution < -0.4 is 5.73 Å². The topological polar surface area (TPSA) is 26.0 Å². The van der Waals surface area contributed by atoms with Crippen molar-refractivity contribution >= 4 is 0 Å². The summed E-state index contributed by atoms with van der Waals surface area (Å²) in [6.45, 7) is 11.2. The summed E-state index contributed by atoms with van der Waals surface area (Å²) in [7, 11) is 0. The Bertz CT molecular complexity index is 113. The number of rotatable bonds is 4. The number of nitrogens with two attached hydrogens (primary N) is 1. The molecule has 0 aromatic rings. The maximum absolute atomic E-state index is 6.05. The van der Waals surface area contributed by atoms with Crippen molar-refractivity contribution in [3.63, 3.8) is 0 Å². The molecule has 0 saturated heterocycles. The predicted octanol–water partition coefficient (Wildman–Crippen LogP) is 3.19. The van der Waals surface area contributed by atoms with E-state index in [9.17, 15) is 0 Å². The van der Waals surface area contributed by atoms with Gasteiger partial charge < -0.3 is 5.73 Å². The highest BCUT2D eigenvalue weighted by molar-refractivity contribution is 4.77. The Kier molecular flexibility index (Phi) is 4.84. The molecule has 0 bridgehead atoms. The molecule has 2 atom stereocenters. The highest BCUT2D eigenvalue weighted by Crippen LogP contribution is 2.22. The summed E-state index contributed by atoms with van der Waals surface area (Å²) >= 11 is 0. The molecule has 0 saturated carbocycles. The first-order valence-electron chi connectivity index (χ1n) is 5.13. The first-order valence-corrected chi connectivity index (χ1v) is 5.13. The van der Waals surface area contributed by atoms with Gasteiger partial charge in [-0.05, 0) is 24.2 Å². The molecule has 0 spiro atoms. The Morgan fingerprint density at radius 3 is 2.00 bits per heavy atom. The van der Waals surface area contributed by atoms with E-state index in [1.807, 2.05) is 0 Å². The third-order valence-corrected chi connectivity index (χ3v) is 2.78. The van der Waals surface area contributed by atoms with Crippen LogP contribution in [0, 0.1) is 11.3 Å². The van der Waals surface area contributed by atoms with Gasteiger partial charge in [-0.25, -0.2) is 0 Å². The zero-order valence-electron chi connectivity index (χ0n) is 9.35. The summed E-state index contributed by atoms with van der Waals surface area (Å²) in [6.07, 6.45) is 3.71. The minimum atomic E-state index is 0.271. The standard InChI is InChI=1S/C11H25N/c1-6-9(2)7-8-10(12)11(3,4)5/h9-10H,6-8,12H2,1-5H3. The van der Waals surface area contributed by atoms with E-state index in [4.69, 9.17) is 5.73 Å². The van der Waals surface area contributed by atoms with Gasteiger partial charge in [-0.3, -0.25) is 0 Å². The average Bonchev–Trinajstić information content (AvgIpc) is 1.97. The highest BCUT2D eigenvalue weighted by atomic mass is 14.7. The van der Waals surface area contributed by atoms with Gasteiger partial charge >= 0.3 is 0 Å². The first kappa shape index (κ1) is 12.0. The molecule has 0 heterocycles. The number of hydrogen-bond acceptors (Lipinski definition) is 1. The molecule has 2 unspecified atom stereocenters. The SMILES string of the molecule is CCC(C)CCC(N)C(C)(C)C. The molecule has 0 aromatic carbocycles. The van der Waals surface area contributed by atoms with Gasteiger partial charge in [0, 0.05) is 6.04 Å². The van der Waals surface area contributed by atoms with Crippen molar-refractivity contribution in [1.82, 2.24) is 0 Å². The fraction of sp³-hybridized carbons (Fsp3) is 1.00. The van der Waals surface area contributed by atoms with Gasteiger partial charge in [0.25, 0.3) is 0 Å². The summed E-state index contributed by atoms with van der Waals surface area (Å²) in [6, 6.07) is 0.353. The molecule has 2 N–H and O–H groups in total. The zero-order valence-corrected chi connectivity index (χ0v) is 9.35. The van der Waals surface area contributed by atoms with Crippen molar-refractivity contribution in [3.05, 3.63) is 0 Å². The average molecular weight is 171 g/mol. The fourth-order valence-electron chi connectivity index (χ4n) is 1.10. The Hall–Kier alpha value is -0.0400. The van der Waals surface area contributed by atoms with Crippen LogP contribution >= 0.6 is 0 Å². The molecule has 0 radical (unpaired) electrons. The molecule has 0 aliphatic heterocycles. The van der Waals surface area contributed by atoms with E-state index in [-0.39, 0.29) is 5.41 Å². The van der Waals surface area contributed by atoms with Gasteiger partial charge in [-0.15, -0.1) is 0 Å². The van der Waals surface area contributed by atoms with E-state index in [0.717, 1.165) is 5.92 Å². The van der Waals surface area contributed by atoms with Gasteiger partial charge in [0.05, 0.1) is 0 Å². The van der Waals surface area contributed by atoms with Crippen molar-refractivity contribution in [2.45, 2.75) is 59.9 Å². The first-order chi connectivity index (χ1) is 5.38. The normalized spacial score (nSPS) is 17.5. The van der Waals surface area contributed by atoms with E-state index in [1.165, 1.54) is 19.3 Å². The van der Waals surface area contributed by atoms with Crippen molar-refractivity contribution in [3.8, 4) is 0 Å². The van der Waals surface area contributed by atoms with Crippen LogP contribution in [0.4, 0.5) is 0 Å². The summed E-state index contributed by atoms with van der Waals surface area (Å²) in [5, 5.41) is 0. The lowest BCUT2D eigenvalue weighted by Gasteiger charge is -2.27. The summed E-state index contributed by atoms with van der Waals surface area (Å²) in [5.41, 5.74) is 6.33. The van der Waals surface area contributed by atoms with Crippen LogP contribution in [0.5, 0.6) is 0 Å². The van der Waals surface area contributed by atoms with Crippen LogP contribution in [-0.2, 0) is 0 Å². The molecule has 0 aliphatic rings. The lowest BCUT2D eigenvalue weighted by Crippen LogP contribution is -2.35. The van der Waals surface area contributed by atoms with Gasteiger partial charge in [0.1, 0.15) is 0 Å².